The van der Waals surface area contributed by atoms with Gasteiger partial charge in [-0.2, -0.15) is 0 Å². The second-order valence-corrected chi connectivity index (χ2v) is 3.84. The number of benzene rings is 1. The summed E-state index contributed by atoms with van der Waals surface area (Å²) < 4.78 is 23.9. The van der Waals surface area contributed by atoms with Gasteiger partial charge in [0.25, 0.3) is 0 Å². The monoisotopic (exact) mass is 270 g/mol. The summed E-state index contributed by atoms with van der Waals surface area (Å²) in [6, 6.07) is 4.36. The lowest BCUT2D eigenvalue weighted by molar-refractivity contribution is 0.100. The smallest absolute Gasteiger partial charge is 0.128 e. The van der Waals surface area contributed by atoms with Crippen molar-refractivity contribution in [1.29, 1.82) is 0 Å². The van der Waals surface area contributed by atoms with E-state index in [9.17, 15) is 4.39 Å². The van der Waals surface area contributed by atoms with Crippen molar-refractivity contribution in [2.75, 3.05) is 25.7 Å². The zero-order valence-corrected chi connectivity index (χ0v) is 11.1. The predicted molar refractivity (Wildman–Crippen MR) is 70.6 cm³/mol. The topological polar surface area (TPSA) is 18.5 Å². The first-order chi connectivity index (χ1) is 8.76. The summed E-state index contributed by atoms with van der Waals surface area (Å²) in [4.78, 5) is 0. The molecule has 0 spiro atoms. The molecule has 0 bridgehead atoms. The molecule has 0 amide bonds. The molecule has 0 radical (unpaired) electrons. The van der Waals surface area contributed by atoms with Gasteiger partial charge in [-0.05, 0) is 18.6 Å². The highest BCUT2D eigenvalue weighted by Crippen LogP contribution is 2.15. The zero-order valence-electron chi connectivity index (χ0n) is 10.3. The van der Waals surface area contributed by atoms with Crippen molar-refractivity contribution in [2.45, 2.75) is 13.3 Å². The zero-order chi connectivity index (χ0) is 13.2. The van der Waals surface area contributed by atoms with Crippen molar-refractivity contribution in [2.24, 2.45) is 0 Å². The van der Waals surface area contributed by atoms with Crippen molar-refractivity contribution < 1.29 is 13.9 Å². The maximum atomic E-state index is 13.3. The van der Waals surface area contributed by atoms with Crippen molar-refractivity contribution in [3.8, 4) is 17.6 Å². The van der Waals surface area contributed by atoms with Crippen LogP contribution in [-0.2, 0) is 4.74 Å². The van der Waals surface area contributed by atoms with Crippen LogP contribution in [0.2, 0.25) is 0 Å². The Kier molecular flexibility index (Phi) is 7.24. The van der Waals surface area contributed by atoms with E-state index in [2.05, 4.69) is 11.8 Å². The van der Waals surface area contributed by atoms with Crippen LogP contribution in [0, 0.1) is 17.7 Å². The van der Waals surface area contributed by atoms with Crippen molar-refractivity contribution in [3.05, 3.63) is 29.6 Å². The molecule has 1 aromatic rings. The lowest BCUT2D eigenvalue weighted by atomic mass is 10.2. The van der Waals surface area contributed by atoms with Crippen molar-refractivity contribution >= 4 is 11.6 Å². The van der Waals surface area contributed by atoms with E-state index in [1.165, 1.54) is 12.1 Å². The van der Waals surface area contributed by atoms with E-state index >= 15 is 0 Å². The Morgan fingerprint density at radius 3 is 2.78 bits per heavy atom. The fraction of sp³-hybridized carbons (Fsp3) is 0.429. The first-order valence-electron chi connectivity index (χ1n) is 5.82. The van der Waals surface area contributed by atoms with Gasteiger partial charge in [-0.1, -0.05) is 18.8 Å². The van der Waals surface area contributed by atoms with Gasteiger partial charge in [-0.3, -0.25) is 0 Å². The van der Waals surface area contributed by atoms with Crippen LogP contribution in [0.4, 0.5) is 4.39 Å². The summed E-state index contributed by atoms with van der Waals surface area (Å²) in [5.74, 6) is 5.72. The maximum absolute atomic E-state index is 13.3. The molecule has 1 aromatic carbocycles. The second-order valence-electron chi connectivity index (χ2n) is 3.57. The summed E-state index contributed by atoms with van der Waals surface area (Å²) in [7, 11) is 0. The number of rotatable bonds is 6. The van der Waals surface area contributed by atoms with Gasteiger partial charge in [0.05, 0.1) is 12.5 Å². The first kappa shape index (κ1) is 14.8. The first-order valence-corrected chi connectivity index (χ1v) is 6.35. The standard InChI is InChI=1S/C14H16ClFO2/c1-2-6-17-7-8-18-14-10-12(4-3-5-15)9-13(16)11-14/h9-11H,2,5-8H2,1H3. The van der Waals surface area contributed by atoms with Gasteiger partial charge in [0.1, 0.15) is 18.2 Å². The molecule has 18 heavy (non-hydrogen) atoms. The van der Waals surface area contributed by atoms with E-state index in [-0.39, 0.29) is 11.7 Å². The molecule has 0 aliphatic rings. The van der Waals surface area contributed by atoms with E-state index in [0.717, 1.165) is 6.42 Å². The molecule has 2 nitrogen and oxygen atoms in total. The lowest BCUT2D eigenvalue weighted by Gasteiger charge is -2.07. The maximum Gasteiger partial charge on any atom is 0.128 e. The molecule has 0 N–H and O–H groups in total. The summed E-state index contributed by atoms with van der Waals surface area (Å²) in [5.41, 5.74) is 0.556. The molecule has 0 heterocycles. The SMILES string of the molecule is CCCOCCOc1cc(F)cc(C#CCCl)c1. The molecule has 0 fully saturated rings. The molecular weight excluding hydrogens is 255 g/mol. The van der Waals surface area contributed by atoms with E-state index in [1.807, 2.05) is 6.92 Å². The average molecular weight is 271 g/mol. The molecule has 4 heteroatoms. The van der Waals surface area contributed by atoms with Gasteiger partial charge >= 0.3 is 0 Å². The Balaban J connectivity index is 2.52. The number of alkyl halides is 1. The second kappa shape index (κ2) is 8.79. The Hall–Kier alpha value is -1.24. The Morgan fingerprint density at radius 2 is 2.06 bits per heavy atom. The van der Waals surface area contributed by atoms with Crippen LogP contribution >= 0.6 is 11.6 Å². The van der Waals surface area contributed by atoms with Crippen molar-refractivity contribution in [1.82, 2.24) is 0 Å². The molecule has 0 aliphatic heterocycles. The molecular formula is C14H16ClFO2. The number of hydrogen-bond donors (Lipinski definition) is 0. The van der Waals surface area contributed by atoms with Gasteiger partial charge in [0.2, 0.25) is 0 Å². The Morgan fingerprint density at radius 1 is 1.22 bits per heavy atom. The van der Waals surface area contributed by atoms with Gasteiger partial charge in [-0.15, -0.1) is 11.6 Å². The molecule has 0 unspecified atom stereocenters. The third-order valence-electron chi connectivity index (χ3n) is 2.02. The lowest BCUT2D eigenvalue weighted by Crippen LogP contribution is -2.07. The fourth-order valence-electron chi connectivity index (χ4n) is 1.32. The number of halogens is 2. The van der Waals surface area contributed by atoms with E-state index < -0.39 is 0 Å². The fourth-order valence-corrected chi connectivity index (χ4v) is 1.39. The highest BCUT2D eigenvalue weighted by molar-refractivity contribution is 6.19. The number of ether oxygens (including phenoxy) is 2. The Labute approximate surface area is 112 Å². The summed E-state index contributed by atoms with van der Waals surface area (Å²) in [6.07, 6.45) is 0.970. The van der Waals surface area contributed by atoms with Crippen LogP contribution in [0.3, 0.4) is 0 Å². The van der Waals surface area contributed by atoms with Crippen LogP contribution in [0.15, 0.2) is 18.2 Å². The summed E-state index contributed by atoms with van der Waals surface area (Å²) >= 11 is 5.45. The van der Waals surface area contributed by atoms with Crippen LogP contribution in [0.25, 0.3) is 0 Å². The average Bonchev–Trinajstić information content (AvgIpc) is 2.35. The minimum Gasteiger partial charge on any atom is -0.491 e. The van der Waals surface area contributed by atoms with Crippen LogP contribution < -0.4 is 4.74 Å². The minimum atomic E-state index is -0.374. The van der Waals surface area contributed by atoms with Crippen LogP contribution in [0.1, 0.15) is 18.9 Å². The summed E-state index contributed by atoms with van der Waals surface area (Å²) in [6.45, 7) is 3.63. The van der Waals surface area contributed by atoms with Gasteiger partial charge in [0.15, 0.2) is 0 Å². The van der Waals surface area contributed by atoms with Crippen LogP contribution in [-0.4, -0.2) is 25.7 Å². The van der Waals surface area contributed by atoms with E-state index in [0.29, 0.717) is 31.1 Å². The molecule has 0 aliphatic carbocycles. The third-order valence-corrected chi connectivity index (χ3v) is 2.15. The van der Waals surface area contributed by atoms with Gasteiger partial charge in [0, 0.05) is 18.2 Å². The third kappa shape index (κ3) is 5.90. The van der Waals surface area contributed by atoms with Crippen molar-refractivity contribution in [3.63, 3.8) is 0 Å². The molecule has 0 atom stereocenters. The molecule has 0 aromatic heterocycles. The van der Waals surface area contributed by atoms with E-state index in [1.54, 1.807) is 6.07 Å². The summed E-state index contributed by atoms with van der Waals surface area (Å²) in [5, 5.41) is 0. The van der Waals surface area contributed by atoms with Crippen LogP contribution in [0.5, 0.6) is 5.75 Å². The predicted octanol–water partition coefficient (Wildman–Crippen LogP) is 3.22. The highest BCUT2D eigenvalue weighted by Gasteiger charge is 2.00. The highest BCUT2D eigenvalue weighted by atomic mass is 35.5. The molecule has 98 valence electrons. The quantitative estimate of drug-likeness (QED) is 0.449. The largest absolute Gasteiger partial charge is 0.491 e. The van der Waals surface area contributed by atoms with E-state index in [4.69, 9.17) is 21.1 Å². The molecule has 0 saturated heterocycles. The molecule has 0 saturated carbocycles. The van der Waals surface area contributed by atoms with Gasteiger partial charge in [-0.25, -0.2) is 4.39 Å². The normalized spacial score (nSPS) is 9.72. The Bertz CT molecular complexity index is 424. The van der Waals surface area contributed by atoms with Gasteiger partial charge < -0.3 is 9.47 Å². The molecule has 1 rings (SSSR count). The number of hydrogen-bond acceptors (Lipinski definition) is 2. The minimum absolute atomic E-state index is 0.220.